The van der Waals surface area contributed by atoms with Crippen molar-refractivity contribution in [2.75, 3.05) is 26.2 Å². The third-order valence-electron chi connectivity index (χ3n) is 3.81. The lowest BCUT2D eigenvalue weighted by Crippen LogP contribution is -2.53. The van der Waals surface area contributed by atoms with Crippen molar-refractivity contribution in [1.29, 1.82) is 0 Å². The predicted octanol–water partition coefficient (Wildman–Crippen LogP) is 1.29. The molecule has 1 aromatic heterocycles. The van der Waals surface area contributed by atoms with E-state index in [4.69, 9.17) is 18.0 Å². The van der Waals surface area contributed by atoms with Gasteiger partial charge in [0.2, 0.25) is 0 Å². The maximum Gasteiger partial charge on any atom is 0.252 e. The standard InChI is InChI=1S/C13H21N3O2S3/c1-3-11-4-5-12(20-11)21(17,18)16-8-6-15(7-9-16)10(2)13(14)19/h4-5,10H,3,6-9H2,1-2H3,(H2,14,19). The first-order valence-electron chi connectivity index (χ1n) is 6.98. The van der Waals surface area contributed by atoms with Crippen LogP contribution in [0.3, 0.4) is 0 Å². The Balaban J connectivity index is 2.05. The third-order valence-corrected chi connectivity index (χ3v) is 7.75. The number of nitrogens with two attached hydrogens (primary N) is 1. The van der Waals surface area contributed by atoms with Crippen molar-refractivity contribution in [1.82, 2.24) is 9.21 Å². The largest absolute Gasteiger partial charge is 0.392 e. The van der Waals surface area contributed by atoms with Crippen LogP contribution in [0.25, 0.3) is 0 Å². The van der Waals surface area contributed by atoms with E-state index in [2.05, 4.69) is 4.90 Å². The number of aryl methyl sites for hydroxylation is 1. The second-order valence-corrected chi connectivity index (χ2v) is 8.90. The lowest BCUT2D eigenvalue weighted by atomic mass is 10.2. The molecule has 2 heterocycles. The van der Waals surface area contributed by atoms with E-state index >= 15 is 0 Å². The zero-order valence-electron chi connectivity index (χ0n) is 12.3. The molecule has 0 saturated carbocycles. The molecule has 1 aliphatic rings. The number of nitrogens with zero attached hydrogens (tertiary/aromatic N) is 2. The molecule has 0 spiro atoms. The zero-order chi connectivity index (χ0) is 15.6. The van der Waals surface area contributed by atoms with Crippen LogP contribution in [0.2, 0.25) is 0 Å². The van der Waals surface area contributed by atoms with Gasteiger partial charge in [-0.05, 0) is 25.5 Å². The Morgan fingerprint density at radius 2 is 2.00 bits per heavy atom. The van der Waals surface area contributed by atoms with Crippen LogP contribution in [-0.4, -0.2) is 54.8 Å². The van der Waals surface area contributed by atoms with Gasteiger partial charge in [0.1, 0.15) is 4.21 Å². The molecular formula is C13H21N3O2S3. The van der Waals surface area contributed by atoms with E-state index < -0.39 is 10.0 Å². The summed E-state index contributed by atoms with van der Waals surface area (Å²) < 4.78 is 27.2. The molecule has 1 atom stereocenters. The molecule has 21 heavy (non-hydrogen) atoms. The summed E-state index contributed by atoms with van der Waals surface area (Å²) in [5.74, 6) is 0. The highest BCUT2D eigenvalue weighted by Crippen LogP contribution is 2.26. The number of thiocarbonyl (C=S) groups is 1. The number of hydrogen-bond acceptors (Lipinski definition) is 5. The van der Waals surface area contributed by atoms with Gasteiger partial charge in [-0.15, -0.1) is 11.3 Å². The molecule has 1 aromatic rings. The molecule has 1 fully saturated rings. The first-order chi connectivity index (χ1) is 9.86. The molecule has 0 aromatic carbocycles. The highest BCUT2D eigenvalue weighted by Gasteiger charge is 2.31. The van der Waals surface area contributed by atoms with Gasteiger partial charge in [-0.3, -0.25) is 4.90 Å². The summed E-state index contributed by atoms with van der Waals surface area (Å²) in [5.41, 5.74) is 5.66. The molecule has 0 amide bonds. The Bertz CT molecular complexity index is 604. The van der Waals surface area contributed by atoms with Crippen LogP contribution in [0.15, 0.2) is 16.3 Å². The van der Waals surface area contributed by atoms with Crippen LogP contribution in [0.1, 0.15) is 18.7 Å². The summed E-state index contributed by atoms with van der Waals surface area (Å²) in [6.07, 6.45) is 0.861. The van der Waals surface area contributed by atoms with Crippen molar-refractivity contribution in [2.24, 2.45) is 5.73 Å². The lowest BCUT2D eigenvalue weighted by Gasteiger charge is -2.36. The first kappa shape index (κ1) is 16.8. The predicted molar refractivity (Wildman–Crippen MR) is 90.3 cm³/mol. The normalized spacial score (nSPS) is 19.5. The van der Waals surface area contributed by atoms with E-state index in [1.54, 1.807) is 10.4 Å². The van der Waals surface area contributed by atoms with Crippen LogP contribution in [0.4, 0.5) is 0 Å². The molecule has 8 heteroatoms. The number of sulfonamides is 1. The zero-order valence-corrected chi connectivity index (χ0v) is 14.7. The second kappa shape index (κ2) is 6.70. The van der Waals surface area contributed by atoms with Gasteiger partial charge in [0, 0.05) is 31.1 Å². The second-order valence-electron chi connectivity index (χ2n) is 5.09. The molecule has 2 rings (SSSR count). The fourth-order valence-corrected chi connectivity index (χ4v) is 5.35. The fourth-order valence-electron chi connectivity index (χ4n) is 2.33. The maximum atomic E-state index is 12.6. The van der Waals surface area contributed by atoms with E-state index in [9.17, 15) is 8.42 Å². The van der Waals surface area contributed by atoms with Gasteiger partial charge in [0.05, 0.1) is 11.0 Å². The van der Waals surface area contributed by atoms with Gasteiger partial charge in [0.15, 0.2) is 0 Å². The molecule has 0 aliphatic carbocycles. The lowest BCUT2D eigenvalue weighted by molar-refractivity contribution is 0.175. The van der Waals surface area contributed by atoms with E-state index in [1.165, 1.54) is 11.3 Å². The molecule has 1 saturated heterocycles. The van der Waals surface area contributed by atoms with E-state index in [0.29, 0.717) is 35.4 Å². The maximum absolute atomic E-state index is 12.6. The number of rotatable bonds is 5. The molecule has 0 radical (unpaired) electrons. The van der Waals surface area contributed by atoms with Crippen molar-refractivity contribution >= 4 is 38.6 Å². The first-order valence-corrected chi connectivity index (χ1v) is 9.65. The van der Waals surface area contributed by atoms with Crippen LogP contribution >= 0.6 is 23.6 Å². The number of thiophene rings is 1. The van der Waals surface area contributed by atoms with Gasteiger partial charge >= 0.3 is 0 Å². The smallest absolute Gasteiger partial charge is 0.252 e. The molecule has 5 nitrogen and oxygen atoms in total. The van der Waals surface area contributed by atoms with Crippen molar-refractivity contribution in [3.63, 3.8) is 0 Å². The van der Waals surface area contributed by atoms with Gasteiger partial charge in [-0.25, -0.2) is 8.42 Å². The van der Waals surface area contributed by atoms with E-state index in [1.807, 2.05) is 19.9 Å². The van der Waals surface area contributed by atoms with Crippen LogP contribution in [-0.2, 0) is 16.4 Å². The van der Waals surface area contributed by atoms with Gasteiger partial charge in [0.25, 0.3) is 10.0 Å². The topological polar surface area (TPSA) is 66.6 Å². The van der Waals surface area contributed by atoms with Gasteiger partial charge in [-0.1, -0.05) is 19.1 Å². The van der Waals surface area contributed by atoms with Crippen LogP contribution in [0.5, 0.6) is 0 Å². The third kappa shape index (κ3) is 3.62. The monoisotopic (exact) mass is 347 g/mol. The Kier molecular flexibility index (Phi) is 5.37. The minimum absolute atomic E-state index is 0.0123. The quantitative estimate of drug-likeness (QED) is 0.813. The summed E-state index contributed by atoms with van der Waals surface area (Å²) in [6, 6.07) is 3.62. The number of piperazine rings is 1. The van der Waals surface area contributed by atoms with Gasteiger partial charge in [-0.2, -0.15) is 4.31 Å². The average molecular weight is 348 g/mol. The summed E-state index contributed by atoms with van der Waals surface area (Å²) in [5, 5.41) is 0. The highest BCUT2D eigenvalue weighted by atomic mass is 32.2. The van der Waals surface area contributed by atoms with Crippen LogP contribution < -0.4 is 5.73 Å². The Morgan fingerprint density at radius 3 is 2.48 bits per heavy atom. The minimum Gasteiger partial charge on any atom is -0.392 e. The van der Waals surface area contributed by atoms with E-state index in [-0.39, 0.29) is 6.04 Å². The van der Waals surface area contributed by atoms with Crippen molar-refractivity contribution in [3.05, 3.63) is 17.0 Å². The molecule has 1 unspecified atom stereocenters. The summed E-state index contributed by atoms with van der Waals surface area (Å²) in [6.45, 7) is 6.26. The Labute approximate surface area is 135 Å². The summed E-state index contributed by atoms with van der Waals surface area (Å²) >= 11 is 6.36. The SMILES string of the molecule is CCc1ccc(S(=O)(=O)N2CCN(C(C)C(N)=S)CC2)s1. The van der Waals surface area contributed by atoms with Crippen molar-refractivity contribution in [2.45, 2.75) is 30.5 Å². The summed E-state index contributed by atoms with van der Waals surface area (Å²) in [4.78, 5) is 3.67. The van der Waals surface area contributed by atoms with Crippen molar-refractivity contribution in [3.8, 4) is 0 Å². The van der Waals surface area contributed by atoms with Crippen LogP contribution in [0, 0.1) is 0 Å². The summed E-state index contributed by atoms with van der Waals surface area (Å²) in [7, 11) is -3.36. The average Bonchev–Trinajstić information content (AvgIpc) is 2.96. The number of hydrogen-bond donors (Lipinski definition) is 1. The molecule has 1 aliphatic heterocycles. The van der Waals surface area contributed by atoms with Gasteiger partial charge < -0.3 is 5.73 Å². The Morgan fingerprint density at radius 1 is 1.38 bits per heavy atom. The fraction of sp³-hybridized carbons (Fsp3) is 0.615. The highest BCUT2D eigenvalue weighted by molar-refractivity contribution is 7.91. The molecular weight excluding hydrogens is 326 g/mol. The minimum atomic E-state index is -3.36. The van der Waals surface area contributed by atoms with Crippen molar-refractivity contribution < 1.29 is 8.42 Å². The van der Waals surface area contributed by atoms with E-state index in [0.717, 1.165) is 11.3 Å². The molecule has 0 bridgehead atoms. The molecule has 2 N–H and O–H groups in total. The Hall–Kier alpha value is -0.540. The molecule has 118 valence electrons.